The van der Waals surface area contributed by atoms with Crippen LogP contribution in [-0.2, 0) is 14.3 Å². The van der Waals surface area contributed by atoms with Gasteiger partial charge in [-0.1, -0.05) is 0 Å². The molecular formula is C14H22N4O3. The van der Waals surface area contributed by atoms with Crippen LogP contribution in [0.15, 0.2) is 0 Å². The topological polar surface area (TPSA) is 78.3 Å². The van der Waals surface area contributed by atoms with Crippen LogP contribution in [0.25, 0.3) is 0 Å². The Kier molecular flexibility index (Phi) is 4.50. The molecule has 0 radical (unpaired) electrons. The van der Waals surface area contributed by atoms with Gasteiger partial charge in [0.15, 0.2) is 0 Å². The van der Waals surface area contributed by atoms with Crippen LogP contribution in [0.2, 0.25) is 0 Å². The maximum atomic E-state index is 12.0. The Morgan fingerprint density at radius 1 is 1.33 bits per heavy atom. The fraction of sp³-hybridized carbons (Fsp3) is 0.786. The van der Waals surface area contributed by atoms with Crippen LogP contribution in [0.4, 0.5) is 5.95 Å². The zero-order valence-electron chi connectivity index (χ0n) is 12.4. The van der Waals surface area contributed by atoms with Crippen molar-refractivity contribution in [3.63, 3.8) is 0 Å². The lowest BCUT2D eigenvalue weighted by atomic mass is 10.1. The van der Waals surface area contributed by atoms with Gasteiger partial charge in [0.25, 0.3) is 0 Å². The third-order valence-corrected chi connectivity index (χ3v) is 3.88. The molecule has 0 aromatic carbocycles. The quantitative estimate of drug-likeness (QED) is 0.859. The number of anilines is 1. The van der Waals surface area contributed by atoms with Gasteiger partial charge in [0.05, 0.1) is 19.1 Å². The van der Waals surface area contributed by atoms with Gasteiger partial charge in [-0.05, 0) is 32.6 Å². The lowest BCUT2D eigenvalue weighted by Gasteiger charge is -2.22. The minimum Gasteiger partial charge on any atom is -0.381 e. The van der Waals surface area contributed by atoms with Crippen molar-refractivity contribution in [1.29, 1.82) is 0 Å². The second-order valence-corrected chi connectivity index (χ2v) is 5.65. The molecule has 0 spiro atoms. The summed E-state index contributed by atoms with van der Waals surface area (Å²) >= 11 is 0. The molecule has 1 amide bonds. The van der Waals surface area contributed by atoms with Crippen LogP contribution in [0.1, 0.15) is 44.0 Å². The average molecular weight is 294 g/mol. The maximum absolute atomic E-state index is 12.0. The van der Waals surface area contributed by atoms with Crippen molar-refractivity contribution >= 4 is 11.9 Å². The highest BCUT2D eigenvalue weighted by Crippen LogP contribution is 2.37. The minimum atomic E-state index is -0.0728. The number of carbonyl (C=O) groups is 1. The maximum Gasteiger partial charge on any atom is 0.231 e. The molecule has 1 saturated heterocycles. The number of aryl methyl sites for hydroxylation is 1. The molecule has 2 fully saturated rings. The molecule has 116 valence electrons. The molecule has 1 aromatic heterocycles. The predicted molar refractivity (Wildman–Crippen MR) is 76.1 cm³/mol. The number of hydrogen-bond donors (Lipinski definition) is 1. The van der Waals surface area contributed by atoms with Crippen molar-refractivity contribution in [2.24, 2.45) is 0 Å². The third kappa shape index (κ3) is 3.79. The van der Waals surface area contributed by atoms with E-state index in [0.29, 0.717) is 25.0 Å². The number of ether oxygens (including phenoxy) is 2. The molecule has 2 heterocycles. The van der Waals surface area contributed by atoms with Crippen molar-refractivity contribution in [1.82, 2.24) is 14.8 Å². The fourth-order valence-corrected chi connectivity index (χ4v) is 2.57. The number of hydrogen-bond acceptors (Lipinski definition) is 5. The van der Waals surface area contributed by atoms with Crippen molar-refractivity contribution < 1.29 is 14.3 Å². The summed E-state index contributed by atoms with van der Waals surface area (Å²) in [5.41, 5.74) is 0. The highest BCUT2D eigenvalue weighted by Gasteiger charge is 2.28. The summed E-state index contributed by atoms with van der Waals surface area (Å²) in [7, 11) is 0. The molecule has 0 atom stereocenters. The molecule has 2 aliphatic rings. The lowest BCUT2D eigenvalue weighted by Crippen LogP contribution is -2.25. The van der Waals surface area contributed by atoms with Crippen LogP contribution in [-0.4, -0.2) is 46.6 Å². The standard InChI is InChI=1S/C14H22N4O3/c1-10-16-17-14(18(10)11-2-3-11)15-13(19)6-9-21-12-4-7-20-8-5-12/h11-12H,2-9H2,1H3,(H,15,17,19). The van der Waals surface area contributed by atoms with E-state index in [1.165, 1.54) is 0 Å². The van der Waals surface area contributed by atoms with Gasteiger partial charge in [-0.2, -0.15) is 0 Å². The molecule has 1 saturated carbocycles. The molecule has 21 heavy (non-hydrogen) atoms. The van der Waals surface area contributed by atoms with Gasteiger partial charge < -0.3 is 9.47 Å². The van der Waals surface area contributed by atoms with E-state index >= 15 is 0 Å². The average Bonchev–Trinajstić information content (AvgIpc) is 3.25. The van der Waals surface area contributed by atoms with E-state index in [4.69, 9.17) is 9.47 Å². The Labute approximate surface area is 124 Å². The number of rotatable bonds is 6. The van der Waals surface area contributed by atoms with Crippen molar-refractivity contribution in [2.45, 2.75) is 51.2 Å². The summed E-state index contributed by atoms with van der Waals surface area (Å²) in [6, 6.07) is 0.453. The van der Waals surface area contributed by atoms with Gasteiger partial charge in [0.1, 0.15) is 5.82 Å². The summed E-state index contributed by atoms with van der Waals surface area (Å²) in [4.78, 5) is 12.0. The first-order chi connectivity index (χ1) is 10.2. The first-order valence-electron chi connectivity index (χ1n) is 7.65. The molecule has 1 aliphatic heterocycles. The molecule has 7 heteroatoms. The second-order valence-electron chi connectivity index (χ2n) is 5.65. The molecule has 0 unspecified atom stereocenters. The SMILES string of the molecule is Cc1nnc(NC(=O)CCOC2CCOCC2)n1C1CC1. The number of carbonyl (C=O) groups excluding carboxylic acids is 1. The van der Waals surface area contributed by atoms with Crippen molar-refractivity contribution in [3.8, 4) is 0 Å². The minimum absolute atomic E-state index is 0.0728. The molecule has 0 bridgehead atoms. The van der Waals surface area contributed by atoms with E-state index in [2.05, 4.69) is 15.5 Å². The summed E-state index contributed by atoms with van der Waals surface area (Å²) in [5.74, 6) is 1.34. The summed E-state index contributed by atoms with van der Waals surface area (Å²) in [6.07, 6.45) is 4.66. The summed E-state index contributed by atoms with van der Waals surface area (Å²) in [6.45, 7) is 3.85. The van der Waals surface area contributed by atoms with E-state index < -0.39 is 0 Å². The monoisotopic (exact) mass is 294 g/mol. The Morgan fingerprint density at radius 3 is 2.81 bits per heavy atom. The molecule has 7 nitrogen and oxygen atoms in total. The largest absolute Gasteiger partial charge is 0.381 e. The number of amides is 1. The van der Waals surface area contributed by atoms with Crippen LogP contribution < -0.4 is 5.32 Å². The summed E-state index contributed by atoms with van der Waals surface area (Å²) < 4.78 is 13.0. The van der Waals surface area contributed by atoms with E-state index in [1.54, 1.807) is 0 Å². The molecule has 1 N–H and O–H groups in total. The predicted octanol–water partition coefficient (Wildman–Crippen LogP) is 1.45. The fourth-order valence-electron chi connectivity index (χ4n) is 2.57. The Balaban J connectivity index is 1.43. The van der Waals surface area contributed by atoms with Gasteiger partial charge in [0, 0.05) is 19.3 Å². The lowest BCUT2D eigenvalue weighted by molar-refractivity contribution is -0.118. The van der Waals surface area contributed by atoms with E-state index in [1.807, 2.05) is 11.5 Å². The highest BCUT2D eigenvalue weighted by molar-refractivity contribution is 5.89. The second kappa shape index (κ2) is 6.53. The summed E-state index contributed by atoms with van der Waals surface area (Å²) in [5, 5.41) is 10.9. The van der Waals surface area contributed by atoms with E-state index in [9.17, 15) is 4.79 Å². The molecular weight excluding hydrogens is 272 g/mol. The molecule has 1 aliphatic carbocycles. The first kappa shape index (κ1) is 14.5. The number of nitrogens with one attached hydrogen (secondary N) is 1. The molecule has 1 aromatic rings. The van der Waals surface area contributed by atoms with Crippen LogP contribution in [0.3, 0.4) is 0 Å². The van der Waals surface area contributed by atoms with Crippen LogP contribution in [0, 0.1) is 6.92 Å². The third-order valence-electron chi connectivity index (χ3n) is 3.88. The van der Waals surface area contributed by atoms with Crippen LogP contribution >= 0.6 is 0 Å². The normalized spacial score (nSPS) is 19.7. The van der Waals surface area contributed by atoms with E-state index in [-0.39, 0.29) is 12.0 Å². The number of aromatic nitrogens is 3. The number of nitrogens with zero attached hydrogens (tertiary/aromatic N) is 3. The van der Waals surface area contributed by atoms with Gasteiger partial charge in [-0.25, -0.2) is 0 Å². The Hall–Kier alpha value is -1.47. The molecule has 3 rings (SSSR count). The van der Waals surface area contributed by atoms with Crippen molar-refractivity contribution in [2.75, 3.05) is 25.1 Å². The van der Waals surface area contributed by atoms with Gasteiger partial charge in [0.2, 0.25) is 11.9 Å². The first-order valence-corrected chi connectivity index (χ1v) is 7.65. The van der Waals surface area contributed by atoms with Crippen LogP contribution in [0.5, 0.6) is 0 Å². The zero-order valence-corrected chi connectivity index (χ0v) is 12.4. The van der Waals surface area contributed by atoms with Gasteiger partial charge in [-0.3, -0.25) is 14.7 Å². The van der Waals surface area contributed by atoms with E-state index in [0.717, 1.165) is 44.7 Å². The zero-order chi connectivity index (χ0) is 14.7. The Bertz CT molecular complexity index is 492. The van der Waals surface area contributed by atoms with Crippen molar-refractivity contribution in [3.05, 3.63) is 5.82 Å². The van der Waals surface area contributed by atoms with Gasteiger partial charge >= 0.3 is 0 Å². The van der Waals surface area contributed by atoms with Gasteiger partial charge in [-0.15, -0.1) is 10.2 Å². The smallest absolute Gasteiger partial charge is 0.231 e. The highest BCUT2D eigenvalue weighted by atomic mass is 16.5. The Morgan fingerprint density at radius 2 is 2.10 bits per heavy atom.